The van der Waals surface area contributed by atoms with Crippen LogP contribution in [0.2, 0.25) is 0 Å². The van der Waals surface area contributed by atoms with Gasteiger partial charge < -0.3 is 14.2 Å². The third-order valence-corrected chi connectivity index (χ3v) is 5.23. The van der Waals surface area contributed by atoms with Crippen LogP contribution in [0.5, 0.6) is 11.5 Å². The zero-order chi connectivity index (χ0) is 22.4. The van der Waals surface area contributed by atoms with E-state index in [1.165, 1.54) is 25.3 Å². The summed E-state index contributed by atoms with van der Waals surface area (Å²) in [4.78, 5) is 13.1. The number of methoxy groups -OCH3 is 1. The number of nitrogens with zero attached hydrogens (tertiary/aromatic N) is 1. The molecule has 168 valence electrons. The van der Waals surface area contributed by atoms with E-state index in [-0.39, 0.29) is 29.9 Å². The normalized spacial score (nSPS) is 17.4. The summed E-state index contributed by atoms with van der Waals surface area (Å²) in [5.74, 6) is 0.738. The van der Waals surface area contributed by atoms with E-state index in [0.29, 0.717) is 37.7 Å². The standard InChI is InChI=1S/C22H23ClF3NO4/c1-29-19-12-15(20-13-27(10-11-30-20)9-8-21(23)28)6-7-18(19)31-14-16-4-2-3-5-17(16)22(24,25)26/h2-7,12,20H,8-11,13-14H2,1H3. The Morgan fingerprint density at radius 1 is 1.23 bits per heavy atom. The van der Waals surface area contributed by atoms with Gasteiger partial charge in [0.05, 0.1) is 25.4 Å². The van der Waals surface area contributed by atoms with Crippen molar-refractivity contribution in [2.75, 3.05) is 33.4 Å². The number of alkyl halides is 3. The molecule has 1 saturated heterocycles. The lowest BCUT2D eigenvalue weighted by Gasteiger charge is -2.33. The number of carbonyl (C=O) groups is 1. The summed E-state index contributed by atoms with van der Waals surface area (Å²) in [5, 5.41) is -0.377. The fourth-order valence-electron chi connectivity index (χ4n) is 3.44. The summed E-state index contributed by atoms with van der Waals surface area (Å²) >= 11 is 5.43. The van der Waals surface area contributed by atoms with Gasteiger partial charge in [0.25, 0.3) is 0 Å². The molecule has 9 heteroatoms. The molecule has 0 bridgehead atoms. The Morgan fingerprint density at radius 2 is 2.00 bits per heavy atom. The molecule has 5 nitrogen and oxygen atoms in total. The van der Waals surface area contributed by atoms with Gasteiger partial charge in [0.1, 0.15) is 6.61 Å². The van der Waals surface area contributed by atoms with Crippen LogP contribution < -0.4 is 9.47 Å². The van der Waals surface area contributed by atoms with Gasteiger partial charge in [-0.15, -0.1) is 0 Å². The molecule has 1 aliphatic heterocycles. The van der Waals surface area contributed by atoms with Crippen LogP contribution in [-0.2, 0) is 22.3 Å². The monoisotopic (exact) mass is 457 g/mol. The summed E-state index contributed by atoms with van der Waals surface area (Å²) in [6, 6.07) is 10.5. The maximum Gasteiger partial charge on any atom is 0.416 e. The van der Waals surface area contributed by atoms with Gasteiger partial charge in [-0.3, -0.25) is 9.69 Å². The lowest BCUT2D eigenvalue weighted by atomic mass is 10.1. The summed E-state index contributed by atoms with van der Waals surface area (Å²) in [5.41, 5.74) is 0.166. The van der Waals surface area contributed by atoms with E-state index in [0.717, 1.165) is 11.6 Å². The molecule has 1 aliphatic rings. The number of carbonyl (C=O) groups excluding carboxylic acids is 1. The van der Waals surface area contributed by atoms with Gasteiger partial charge in [-0.05, 0) is 35.4 Å². The van der Waals surface area contributed by atoms with E-state index in [2.05, 4.69) is 4.90 Å². The van der Waals surface area contributed by atoms with Crippen molar-refractivity contribution >= 4 is 16.8 Å². The van der Waals surface area contributed by atoms with Crippen LogP contribution >= 0.6 is 11.6 Å². The van der Waals surface area contributed by atoms with Gasteiger partial charge in [0.2, 0.25) is 5.24 Å². The molecule has 0 saturated carbocycles. The number of benzene rings is 2. The maximum absolute atomic E-state index is 13.2. The first-order valence-corrected chi connectivity index (χ1v) is 10.1. The number of ether oxygens (including phenoxy) is 3. The Labute approximate surface area is 183 Å². The highest BCUT2D eigenvalue weighted by Gasteiger charge is 2.33. The smallest absolute Gasteiger partial charge is 0.416 e. The molecular weight excluding hydrogens is 435 g/mol. The van der Waals surface area contributed by atoms with E-state index in [4.69, 9.17) is 25.8 Å². The minimum absolute atomic E-state index is 0.0428. The zero-order valence-electron chi connectivity index (χ0n) is 17.0. The molecule has 0 spiro atoms. The number of hydrogen-bond donors (Lipinski definition) is 0. The third-order valence-electron chi connectivity index (χ3n) is 5.04. The summed E-state index contributed by atoms with van der Waals surface area (Å²) in [6.07, 6.45) is -4.41. The van der Waals surface area contributed by atoms with E-state index >= 15 is 0 Å². The van der Waals surface area contributed by atoms with Crippen molar-refractivity contribution in [2.45, 2.75) is 25.3 Å². The molecule has 2 aromatic rings. The van der Waals surface area contributed by atoms with Crippen molar-refractivity contribution in [1.82, 2.24) is 4.90 Å². The van der Waals surface area contributed by atoms with Crippen molar-refractivity contribution in [3.63, 3.8) is 0 Å². The molecule has 0 aromatic heterocycles. The highest BCUT2D eigenvalue weighted by atomic mass is 35.5. The molecule has 1 unspecified atom stereocenters. The van der Waals surface area contributed by atoms with E-state index in [1.807, 2.05) is 0 Å². The van der Waals surface area contributed by atoms with Gasteiger partial charge in [0.15, 0.2) is 11.5 Å². The molecule has 1 heterocycles. The first-order valence-electron chi connectivity index (χ1n) is 9.76. The topological polar surface area (TPSA) is 48.0 Å². The number of rotatable bonds is 8. The fourth-order valence-corrected chi connectivity index (χ4v) is 3.52. The molecular formula is C22H23ClF3NO4. The second-order valence-corrected chi connectivity index (χ2v) is 7.54. The predicted octanol–water partition coefficient (Wildman–Crippen LogP) is 4.82. The molecule has 0 radical (unpaired) electrons. The van der Waals surface area contributed by atoms with Crippen molar-refractivity contribution < 1.29 is 32.2 Å². The largest absolute Gasteiger partial charge is 0.493 e. The van der Waals surface area contributed by atoms with Gasteiger partial charge in [0, 0.05) is 31.6 Å². The van der Waals surface area contributed by atoms with Gasteiger partial charge in [-0.25, -0.2) is 0 Å². The average molecular weight is 458 g/mol. The maximum atomic E-state index is 13.2. The molecule has 3 rings (SSSR count). The molecule has 0 amide bonds. The number of morpholine rings is 1. The lowest BCUT2D eigenvalue weighted by molar-refractivity contribution is -0.138. The van der Waals surface area contributed by atoms with Gasteiger partial charge >= 0.3 is 6.18 Å². The second-order valence-electron chi connectivity index (χ2n) is 7.12. The van der Waals surface area contributed by atoms with Crippen LogP contribution in [0, 0.1) is 0 Å². The van der Waals surface area contributed by atoms with E-state index < -0.39 is 11.7 Å². The van der Waals surface area contributed by atoms with Crippen LogP contribution in [0.3, 0.4) is 0 Å². The van der Waals surface area contributed by atoms with E-state index in [9.17, 15) is 18.0 Å². The minimum atomic E-state index is -4.45. The van der Waals surface area contributed by atoms with Crippen molar-refractivity contribution in [3.05, 3.63) is 59.2 Å². The van der Waals surface area contributed by atoms with Gasteiger partial charge in [-0.2, -0.15) is 13.2 Å². The number of halogens is 4. The summed E-state index contributed by atoms with van der Waals surface area (Å²) in [7, 11) is 1.47. The van der Waals surface area contributed by atoms with Crippen LogP contribution in [0.1, 0.15) is 29.2 Å². The quantitative estimate of drug-likeness (QED) is 0.532. The van der Waals surface area contributed by atoms with Crippen LogP contribution in [-0.4, -0.2) is 43.5 Å². The number of hydrogen-bond acceptors (Lipinski definition) is 5. The average Bonchev–Trinajstić information content (AvgIpc) is 2.76. The molecule has 2 aromatic carbocycles. The predicted molar refractivity (Wildman–Crippen MR) is 109 cm³/mol. The summed E-state index contributed by atoms with van der Waals surface area (Å²) in [6.45, 7) is 2.12. The van der Waals surface area contributed by atoms with Crippen molar-refractivity contribution in [1.29, 1.82) is 0 Å². The lowest BCUT2D eigenvalue weighted by Crippen LogP contribution is -2.39. The van der Waals surface area contributed by atoms with Crippen LogP contribution in [0.4, 0.5) is 13.2 Å². The fraction of sp³-hybridized carbons (Fsp3) is 0.409. The Balaban J connectivity index is 1.70. The highest BCUT2D eigenvalue weighted by molar-refractivity contribution is 6.63. The molecule has 1 atom stereocenters. The van der Waals surface area contributed by atoms with Crippen molar-refractivity contribution in [3.8, 4) is 11.5 Å². The molecule has 31 heavy (non-hydrogen) atoms. The minimum Gasteiger partial charge on any atom is -0.493 e. The molecule has 0 aliphatic carbocycles. The Bertz CT molecular complexity index is 907. The third kappa shape index (κ3) is 6.35. The van der Waals surface area contributed by atoms with Crippen LogP contribution in [0.25, 0.3) is 0 Å². The summed E-state index contributed by atoms with van der Waals surface area (Å²) < 4.78 is 56.4. The first-order chi connectivity index (χ1) is 14.8. The van der Waals surface area contributed by atoms with E-state index in [1.54, 1.807) is 18.2 Å². The zero-order valence-corrected chi connectivity index (χ0v) is 17.7. The Morgan fingerprint density at radius 3 is 2.71 bits per heavy atom. The molecule has 1 fully saturated rings. The second kappa shape index (κ2) is 10.3. The SMILES string of the molecule is COc1cc(C2CN(CCC(=O)Cl)CCO2)ccc1OCc1ccccc1C(F)(F)F. The molecule has 0 N–H and O–H groups in total. The Hall–Kier alpha value is -2.29. The first kappa shape index (κ1) is 23.4. The van der Waals surface area contributed by atoms with Crippen molar-refractivity contribution in [2.24, 2.45) is 0 Å². The highest BCUT2D eigenvalue weighted by Crippen LogP contribution is 2.35. The van der Waals surface area contributed by atoms with Gasteiger partial charge in [-0.1, -0.05) is 24.3 Å². The van der Waals surface area contributed by atoms with Crippen LogP contribution in [0.15, 0.2) is 42.5 Å². The Kier molecular flexibility index (Phi) is 7.80.